The third-order valence-electron chi connectivity index (χ3n) is 4.45. The second-order valence-electron chi connectivity index (χ2n) is 6.72. The van der Waals surface area contributed by atoms with E-state index in [1.807, 2.05) is 19.0 Å². The average molecular weight is 374 g/mol. The fraction of sp³-hybridized carbons (Fsp3) is 0.471. The van der Waals surface area contributed by atoms with Crippen molar-refractivity contribution in [2.75, 3.05) is 49.8 Å². The molecule has 9 nitrogen and oxygen atoms in total. The van der Waals surface area contributed by atoms with Gasteiger partial charge in [-0.25, -0.2) is 19.3 Å². The molecule has 1 aliphatic rings. The highest BCUT2D eigenvalue weighted by atomic mass is 19.1. The van der Waals surface area contributed by atoms with Crippen LogP contribution >= 0.6 is 0 Å². The molecule has 0 spiro atoms. The van der Waals surface area contributed by atoms with Crippen molar-refractivity contribution in [2.45, 2.75) is 18.6 Å². The van der Waals surface area contributed by atoms with Gasteiger partial charge in [-0.3, -0.25) is 4.79 Å². The Bertz CT molecular complexity index is 817. The highest BCUT2D eigenvalue weighted by molar-refractivity contribution is 5.96. The molecule has 10 heteroatoms. The van der Waals surface area contributed by atoms with Crippen LogP contribution in [0.1, 0.15) is 16.9 Å². The first-order valence-corrected chi connectivity index (χ1v) is 8.60. The number of hydrogen-bond donors (Lipinski definition) is 1. The van der Waals surface area contributed by atoms with Crippen LogP contribution in [0.3, 0.4) is 0 Å². The molecule has 0 aromatic carbocycles. The van der Waals surface area contributed by atoms with Crippen LogP contribution in [0.15, 0.2) is 24.7 Å². The number of carbonyl (C=O) groups is 1. The molecule has 0 bridgehead atoms. The number of nitrogens with two attached hydrogens (primary N) is 1. The van der Waals surface area contributed by atoms with E-state index in [1.54, 1.807) is 24.2 Å². The van der Waals surface area contributed by atoms with Crippen LogP contribution < -0.4 is 15.5 Å². The molecular weight excluding hydrogens is 351 g/mol. The van der Waals surface area contributed by atoms with Gasteiger partial charge in [0.25, 0.3) is 5.91 Å². The molecule has 3 heterocycles. The van der Waals surface area contributed by atoms with Gasteiger partial charge >= 0.3 is 0 Å². The molecule has 2 N–H and O–H groups in total. The predicted molar refractivity (Wildman–Crippen MR) is 100 cm³/mol. The number of hydrogen-bond acceptors (Lipinski definition) is 8. The van der Waals surface area contributed by atoms with Gasteiger partial charge in [0.05, 0.1) is 12.6 Å². The molecular formula is C17H23FN8O. The van der Waals surface area contributed by atoms with Crippen LogP contribution in [0, 0.1) is 0 Å². The second-order valence-corrected chi connectivity index (χ2v) is 6.72. The third-order valence-corrected chi connectivity index (χ3v) is 4.45. The number of alkyl halides is 1. The summed E-state index contributed by atoms with van der Waals surface area (Å²) >= 11 is 0. The van der Waals surface area contributed by atoms with E-state index in [-0.39, 0.29) is 30.0 Å². The van der Waals surface area contributed by atoms with Gasteiger partial charge in [0.1, 0.15) is 12.0 Å². The molecule has 1 amide bonds. The normalized spacial score (nSPS) is 19.2. The van der Waals surface area contributed by atoms with Crippen molar-refractivity contribution >= 4 is 23.5 Å². The Kier molecular flexibility index (Phi) is 5.33. The van der Waals surface area contributed by atoms with E-state index in [2.05, 4.69) is 19.9 Å². The van der Waals surface area contributed by atoms with Gasteiger partial charge in [-0.05, 0) is 6.07 Å². The maximum Gasteiger partial charge on any atom is 0.276 e. The topological polar surface area (TPSA) is 104 Å². The Balaban J connectivity index is 1.77. The minimum atomic E-state index is -0.988. The summed E-state index contributed by atoms with van der Waals surface area (Å²) in [4.78, 5) is 34.4. The summed E-state index contributed by atoms with van der Waals surface area (Å²) in [6.45, 7) is 0.542. The predicted octanol–water partition coefficient (Wildman–Crippen LogP) is 0.604. The van der Waals surface area contributed by atoms with Crippen molar-refractivity contribution in [2.24, 2.45) is 0 Å². The molecule has 3 rings (SSSR count). The fourth-order valence-electron chi connectivity index (χ4n) is 3.12. The minimum absolute atomic E-state index is 0.0763. The number of rotatable bonds is 5. The quantitative estimate of drug-likeness (QED) is 0.811. The van der Waals surface area contributed by atoms with Crippen molar-refractivity contribution in [3.05, 3.63) is 30.4 Å². The molecule has 2 atom stereocenters. The zero-order valence-corrected chi connectivity index (χ0v) is 15.6. The number of likely N-dealkylation sites (N-methyl/N-ethyl adjacent to an activating group) is 1. The molecule has 2 aromatic heterocycles. The fourth-order valence-corrected chi connectivity index (χ4v) is 3.12. The highest BCUT2D eigenvalue weighted by Crippen LogP contribution is 2.27. The zero-order valence-electron chi connectivity index (χ0n) is 15.6. The van der Waals surface area contributed by atoms with Gasteiger partial charge in [-0.15, -0.1) is 0 Å². The number of nitrogens with zero attached hydrogens (tertiary/aromatic N) is 7. The Morgan fingerprint density at radius 2 is 2.00 bits per heavy atom. The Labute approximate surface area is 157 Å². The summed E-state index contributed by atoms with van der Waals surface area (Å²) in [6, 6.07) is 1.54. The number of carbonyl (C=O) groups excluding carboxylic acids is 1. The van der Waals surface area contributed by atoms with Crippen LogP contribution in [-0.4, -0.2) is 77.2 Å². The van der Waals surface area contributed by atoms with Crippen LogP contribution in [-0.2, 0) is 0 Å². The van der Waals surface area contributed by atoms with Crippen LogP contribution in [0.5, 0.6) is 0 Å². The van der Waals surface area contributed by atoms with Crippen molar-refractivity contribution in [3.63, 3.8) is 0 Å². The molecule has 0 unspecified atom stereocenters. The molecule has 27 heavy (non-hydrogen) atoms. The first-order valence-electron chi connectivity index (χ1n) is 8.60. The molecule has 0 saturated carbocycles. The van der Waals surface area contributed by atoms with Gasteiger partial charge in [-0.2, -0.15) is 4.98 Å². The lowest BCUT2D eigenvalue weighted by Gasteiger charge is -2.29. The monoisotopic (exact) mass is 374 g/mol. The van der Waals surface area contributed by atoms with Gasteiger partial charge in [-0.1, -0.05) is 0 Å². The van der Waals surface area contributed by atoms with E-state index in [0.29, 0.717) is 24.7 Å². The largest absolute Gasteiger partial charge is 0.382 e. The zero-order chi connectivity index (χ0) is 19.6. The van der Waals surface area contributed by atoms with E-state index < -0.39 is 6.17 Å². The summed E-state index contributed by atoms with van der Waals surface area (Å²) in [6.07, 6.45) is 3.82. The lowest BCUT2D eigenvalue weighted by molar-refractivity contribution is 0.0781. The lowest BCUT2D eigenvalue weighted by atomic mass is 10.2. The number of amides is 1. The molecule has 1 aliphatic heterocycles. The van der Waals surface area contributed by atoms with Crippen molar-refractivity contribution in [3.8, 4) is 0 Å². The van der Waals surface area contributed by atoms with E-state index in [4.69, 9.17) is 5.73 Å². The van der Waals surface area contributed by atoms with Gasteiger partial charge in [0.2, 0.25) is 5.95 Å². The molecule has 2 aromatic rings. The maximum absolute atomic E-state index is 14.2. The molecule has 1 fully saturated rings. The van der Waals surface area contributed by atoms with E-state index >= 15 is 0 Å². The van der Waals surface area contributed by atoms with Crippen LogP contribution in [0.25, 0.3) is 0 Å². The summed E-state index contributed by atoms with van der Waals surface area (Å²) < 4.78 is 14.2. The summed E-state index contributed by atoms with van der Waals surface area (Å²) in [5.74, 6) is 0.913. The maximum atomic E-state index is 14.2. The van der Waals surface area contributed by atoms with Gasteiger partial charge in [0.15, 0.2) is 11.5 Å². The van der Waals surface area contributed by atoms with Gasteiger partial charge in [0, 0.05) is 52.7 Å². The number of anilines is 3. The van der Waals surface area contributed by atoms with Crippen LogP contribution in [0.2, 0.25) is 0 Å². The Morgan fingerprint density at radius 1 is 1.26 bits per heavy atom. The van der Waals surface area contributed by atoms with E-state index in [9.17, 15) is 9.18 Å². The van der Waals surface area contributed by atoms with Crippen molar-refractivity contribution < 1.29 is 9.18 Å². The number of aromatic nitrogens is 4. The summed E-state index contributed by atoms with van der Waals surface area (Å²) in [5.41, 5.74) is 5.84. The van der Waals surface area contributed by atoms with E-state index in [1.165, 1.54) is 17.3 Å². The van der Waals surface area contributed by atoms with Crippen LogP contribution in [0.4, 0.5) is 22.0 Å². The minimum Gasteiger partial charge on any atom is -0.382 e. The summed E-state index contributed by atoms with van der Waals surface area (Å²) in [7, 11) is 5.33. The highest BCUT2D eigenvalue weighted by Gasteiger charge is 2.35. The smallest absolute Gasteiger partial charge is 0.276 e. The second kappa shape index (κ2) is 7.68. The lowest BCUT2D eigenvalue weighted by Crippen LogP contribution is -2.42. The molecule has 1 saturated heterocycles. The van der Waals surface area contributed by atoms with E-state index in [0.717, 1.165) is 0 Å². The Morgan fingerprint density at radius 3 is 2.70 bits per heavy atom. The Hall–Kier alpha value is -3.04. The molecule has 0 aliphatic carbocycles. The number of nitrogen functional groups attached to an aromatic ring is 1. The summed E-state index contributed by atoms with van der Waals surface area (Å²) in [5, 5.41) is 0. The van der Waals surface area contributed by atoms with Crippen molar-refractivity contribution in [1.82, 2.24) is 24.8 Å². The van der Waals surface area contributed by atoms with Crippen molar-refractivity contribution in [1.29, 1.82) is 0 Å². The first kappa shape index (κ1) is 18.7. The average Bonchev–Trinajstić information content (AvgIpc) is 3.01. The first-order chi connectivity index (χ1) is 12.9. The number of halogens is 1. The van der Waals surface area contributed by atoms with Gasteiger partial charge < -0.3 is 20.4 Å². The molecule has 0 radical (unpaired) electrons. The SMILES string of the molecule is CN(C[C@@H]1C[C@H](F)CN1c1ccnc(N(C)C)n1)C(=O)c1nccnc1N. The molecule has 144 valence electrons. The standard InChI is InChI=1S/C17H23FN8O/c1-24(2)17-22-5-4-13(23-17)26-9-11(18)8-12(26)10-25(3)16(27)14-15(19)21-7-6-20-14/h4-7,11-12H,8-10H2,1-3H3,(H2,19,21)/t11-,12-/m0/s1. The third kappa shape index (κ3) is 4.04.